The van der Waals surface area contributed by atoms with E-state index in [2.05, 4.69) is 4.52 Å². The molecule has 1 aliphatic rings. The summed E-state index contributed by atoms with van der Waals surface area (Å²) < 4.78 is 15.0. The van der Waals surface area contributed by atoms with E-state index in [0.717, 1.165) is 47.9 Å². The lowest BCUT2D eigenvalue weighted by Crippen LogP contribution is -2.15. The lowest BCUT2D eigenvalue weighted by Gasteiger charge is -2.27. The van der Waals surface area contributed by atoms with Crippen molar-refractivity contribution in [3.05, 3.63) is 34.4 Å². The van der Waals surface area contributed by atoms with E-state index < -0.39 is 14.9 Å². The van der Waals surface area contributed by atoms with E-state index in [-0.39, 0.29) is 11.2 Å². The zero-order chi connectivity index (χ0) is 17.9. The van der Waals surface area contributed by atoms with Crippen LogP contribution in [0.3, 0.4) is 0 Å². The quantitative estimate of drug-likeness (QED) is 0.625. The Morgan fingerprint density at radius 2 is 1.92 bits per heavy atom. The van der Waals surface area contributed by atoms with Gasteiger partial charge in [-0.15, -0.1) is 0 Å². The van der Waals surface area contributed by atoms with E-state index in [4.69, 9.17) is 4.89 Å². The first-order chi connectivity index (χ1) is 11.2. The number of ketones is 1. The van der Waals surface area contributed by atoms with Crippen LogP contribution in [0.4, 0.5) is 0 Å². The van der Waals surface area contributed by atoms with Crippen LogP contribution in [-0.2, 0) is 32.1 Å². The second-order valence-corrected chi connectivity index (χ2v) is 7.95. The van der Waals surface area contributed by atoms with E-state index in [0.29, 0.717) is 5.75 Å². The molecule has 0 radical (unpaired) electrons. The Morgan fingerprint density at radius 1 is 1.29 bits per heavy atom. The summed E-state index contributed by atoms with van der Waals surface area (Å²) in [4.78, 5) is 20.4. The van der Waals surface area contributed by atoms with Gasteiger partial charge in [-0.2, -0.15) is 0 Å². The number of hydrogen-bond acceptors (Lipinski definition) is 4. The molecule has 1 aromatic rings. The molecule has 5 nitrogen and oxygen atoms in total. The van der Waals surface area contributed by atoms with Crippen molar-refractivity contribution in [1.82, 2.24) is 0 Å². The van der Waals surface area contributed by atoms with Crippen LogP contribution in [0.1, 0.15) is 55.9 Å². The topological polar surface area (TPSA) is 83.8 Å². The van der Waals surface area contributed by atoms with Crippen molar-refractivity contribution in [2.24, 2.45) is 0 Å². The molecule has 6 heteroatoms. The Bertz CT molecular complexity index is 686. The van der Waals surface area contributed by atoms with Crippen LogP contribution in [0.2, 0.25) is 0 Å². The highest BCUT2D eigenvalue weighted by Crippen LogP contribution is 2.40. The summed E-state index contributed by atoms with van der Waals surface area (Å²) in [6, 6.07) is 1.94. The van der Waals surface area contributed by atoms with Crippen molar-refractivity contribution in [1.29, 1.82) is 0 Å². The van der Waals surface area contributed by atoms with Crippen molar-refractivity contribution < 1.29 is 23.9 Å². The van der Waals surface area contributed by atoms with Crippen molar-refractivity contribution >= 4 is 20.1 Å². The highest BCUT2D eigenvalue weighted by Gasteiger charge is 2.25. The van der Waals surface area contributed by atoms with E-state index in [1.54, 1.807) is 6.08 Å². The molecular weight excluding hydrogens is 327 g/mol. The minimum Gasteiger partial charge on any atom is -0.507 e. The molecule has 2 N–H and O–H groups in total. The van der Waals surface area contributed by atoms with Crippen LogP contribution in [0.25, 0.3) is 6.08 Å². The third-order valence-corrected chi connectivity index (χ3v) is 4.64. The summed E-state index contributed by atoms with van der Waals surface area (Å²) in [6.07, 6.45) is 6.93. The van der Waals surface area contributed by atoms with Crippen LogP contribution in [0, 0.1) is 0 Å². The molecule has 24 heavy (non-hydrogen) atoms. The summed E-state index contributed by atoms with van der Waals surface area (Å²) in [6.45, 7) is 5.73. The smallest absolute Gasteiger partial charge is 0.317 e. The van der Waals surface area contributed by atoms with Crippen LogP contribution in [0.5, 0.6) is 5.75 Å². The molecule has 1 unspecified atom stereocenters. The summed E-state index contributed by atoms with van der Waals surface area (Å²) in [5.74, 6) is 0.0141. The number of aromatic hydroxyl groups is 1. The predicted molar refractivity (Wildman–Crippen MR) is 94.7 cm³/mol. The highest BCUT2D eigenvalue weighted by molar-refractivity contribution is 7.32. The summed E-state index contributed by atoms with van der Waals surface area (Å²) in [5, 5.41) is 10.6. The number of hydrogen-bond donors (Lipinski definition) is 2. The first kappa shape index (κ1) is 18.9. The minimum atomic E-state index is -3.09. The van der Waals surface area contributed by atoms with Gasteiger partial charge in [0.25, 0.3) is 0 Å². The van der Waals surface area contributed by atoms with Crippen molar-refractivity contribution in [2.75, 3.05) is 6.61 Å². The van der Waals surface area contributed by atoms with Gasteiger partial charge in [0.15, 0.2) is 5.78 Å². The van der Waals surface area contributed by atoms with E-state index in [9.17, 15) is 14.5 Å². The summed E-state index contributed by atoms with van der Waals surface area (Å²) >= 11 is 0. The Balaban J connectivity index is 2.38. The van der Waals surface area contributed by atoms with Gasteiger partial charge in [-0.05, 0) is 59.9 Å². The third kappa shape index (κ3) is 4.56. The van der Waals surface area contributed by atoms with Gasteiger partial charge in [0.05, 0.1) is 0 Å². The first-order valence-corrected chi connectivity index (χ1v) is 9.41. The minimum absolute atomic E-state index is 0.205. The van der Waals surface area contributed by atoms with Gasteiger partial charge in [0.1, 0.15) is 12.4 Å². The van der Waals surface area contributed by atoms with Gasteiger partial charge in [-0.1, -0.05) is 26.8 Å². The number of benzene rings is 1. The molecule has 1 aromatic carbocycles. The van der Waals surface area contributed by atoms with Gasteiger partial charge < -0.3 is 14.5 Å². The van der Waals surface area contributed by atoms with E-state index in [1.807, 2.05) is 26.8 Å². The predicted octanol–water partition coefficient (Wildman–Crippen LogP) is 3.55. The van der Waals surface area contributed by atoms with Crippen LogP contribution >= 0.6 is 8.25 Å². The number of rotatable bonds is 5. The molecule has 0 saturated heterocycles. The maximum absolute atomic E-state index is 11.7. The number of phenols is 1. The SMILES string of the molecule is CC(C)(C)c1cc(C=CC(=O)CO[PH](=O)O)c2c(c1O)CCCC2. The summed E-state index contributed by atoms with van der Waals surface area (Å²) in [5.41, 5.74) is 3.66. The van der Waals surface area contributed by atoms with E-state index in [1.165, 1.54) is 6.08 Å². The molecule has 1 aliphatic carbocycles. The fourth-order valence-corrected chi connectivity index (χ4v) is 3.31. The molecule has 0 spiro atoms. The van der Waals surface area contributed by atoms with Crippen molar-refractivity contribution in [3.8, 4) is 5.75 Å². The van der Waals surface area contributed by atoms with E-state index >= 15 is 0 Å². The average molecular weight is 352 g/mol. The first-order valence-electron chi connectivity index (χ1n) is 8.15. The molecule has 0 amide bonds. The fraction of sp³-hybridized carbons (Fsp3) is 0.500. The molecular formula is C18H25O5P. The second-order valence-electron chi connectivity index (χ2n) is 7.13. The molecule has 132 valence electrons. The molecule has 0 saturated carbocycles. The number of fused-ring (bicyclic) bond motifs is 1. The molecule has 0 aromatic heterocycles. The molecule has 2 rings (SSSR count). The highest BCUT2D eigenvalue weighted by atomic mass is 31.1. The largest absolute Gasteiger partial charge is 0.507 e. The number of carbonyl (C=O) groups is 1. The molecule has 1 atom stereocenters. The zero-order valence-corrected chi connectivity index (χ0v) is 15.4. The van der Waals surface area contributed by atoms with Crippen molar-refractivity contribution in [2.45, 2.75) is 51.9 Å². The number of phenolic OH excluding ortho intramolecular Hbond substituents is 1. The Hall–Kier alpha value is -1.42. The standard InChI is InChI=1S/C18H25O5P/c1-18(2,3)16-10-12(8-9-13(19)11-23-24(21)22)14-6-4-5-7-15(14)17(16)20/h8-10,20,24H,4-7,11H2,1-3H3,(H,21,22). The normalized spacial score (nSPS) is 16.2. The second kappa shape index (κ2) is 7.64. The molecule has 0 aliphatic heterocycles. The maximum atomic E-state index is 11.7. The van der Waals surface area contributed by atoms with Gasteiger partial charge in [-0.3, -0.25) is 9.36 Å². The Morgan fingerprint density at radius 3 is 2.50 bits per heavy atom. The van der Waals surface area contributed by atoms with Gasteiger partial charge in [-0.25, -0.2) is 0 Å². The summed E-state index contributed by atoms with van der Waals surface area (Å²) in [7, 11) is -3.09. The average Bonchev–Trinajstić information content (AvgIpc) is 2.51. The Kier molecular flexibility index (Phi) is 6.02. The molecule has 0 bridgehead atoms. The number of carbonyl (C=O) groups excluding carboxylic acids is 1. The third-order valence-electron chi connectivity index (χ3n) is 4.25. The van der Waals surface area contributed by atoms with Crippen LogP contribution in [0.15, 0.2) is 12.1 Å². The lowest BCUT2D eigenvalue weighted by molar-refractivity contribution is -0.116. The van der Waals surface area contributed by atoms with Gasteiger partial charge in [0, 0.05) is 5.56 Å². The van der Waals surface area contributed by atoms with Crippen LogP contribution in [-0.4, -0.2) is 22.4 Å². The van der Waals surface area contributed by atoms with Crippen molar-refractivity contribution in [3.63, 3.8) is 0 Å². The lowest BCUT2D eigenvalue weighted by atomic mass is 9.79. The monoisotopic (exact) mass is 352 g/mol. The molecule has 0 heterocycles. The van der Waals surface area contributed by atoms with Gasteiger partial charge in [0.2, 0.25) is 0 Å². The zero-order valence-electron chi connectivity index (χ0n) is 14.4. The Labute approximate surface area is 143 Å². The maximum Gasteiger partial charge on any atom is 0.317 e. The van der Waals surface area contributed by atoms with Gasteiger partial charge >= 0.3 is 8.25 Å². The van der Waals surface area contributed by atoms with Crippen LogP contribution < -0.4 is 0 Å². The molecule has 0 fully saturated rings. The fourth-order valence-electron chi connectivity index (χ4n) is 3.04.